The van der Waals surface area contributed by atoms with E-state index < -0.39 is 46.2 Å². The van der Waals surface area contributed by atoms with Crippen LogP contribution in [0.3, 0.4) is 0 Å². The van der Waals surface area contributed by atoms with Crippen LogP contribution in [-0.2, 0) is 32.3 Å². The summed E-state index contributed by atoms with van der Waals surface area (Å²) in [5.74, 6) is -1.28. The second-order valence-electron chi connectivity index (χ2n) is 8.59. The van der Waals surface area contributed by atoms with Crippen molar-refractivity contribution < 1.29 is 31.2 Å². The summed E-state index contributed by atoms with van der Waals surface area (Å²) in [4.78, 5) is 27.3. The first-order chi connectivity index (χ1) is 18.3. The first kappa shape index (κ1) is 30.0. The molecule has 3 rings (SSSR count). The molecule has 0 aliphatic carbocycles. The molecule has 0 saturated carbocycles. The van der Waals surface area contributed by atoms with Gasteiger partial charge in [0.1, 0.15) is 12.6 Å². The van der Waals surface area contributed by atoms with Crippen molar-refractivity contribution in [2.45, 2.75) is 37.5 Å². The Morgan fingerprint density at radius 1 is 0.974 bits per heavy atom. The molecule has 0 aromatic heterocycles. The summed E-state index contributed by atoms with van der Waals surface area (Å²) in [6.45, 7) is 2.52. The van der Waals surface area contributed by atoms with Gasteiger partial charge < -0.3 is 10.2 Å². The molecule has 1 N–H and O–H groups in total. The quantitative estimate of drug-likeness (QED) is 0.361. The molecule has 1 atom stereocenters. The zero-order valence-corrected chi connectivity index (χ0v) is 22.7. The van der Waals surface area contributed by atoms with Gasteiger partial charge in [0, 0.05) is 18.1 Å². The highest BCUT2D eigenvalue weighted by atomic mass is 35.5. The number of hydrogen-bond acceptors (Lipinski definition) is 4. The van der Waals surface area contributed by atoms with Gasteiger partial charge in [0.2, 0.25) is 11.8 Å². The van der Waals surface area contributed by atoms with Gasteiger partial charge in [0.15, 0.2) is 0 Å². The van der Waals surface area contributed by atoms with E-state index in [-0.39, 0.29) is 17.1 Å². The van der Waals surface area contributed by atoms with E-state index in [9.17, 15) is 31.2 Å². The molecule has 3 aromatic rings. The standard InChI is InChI=1S/C27H27ClF3N3O4S/c1-3-32-26(36)19(2)33(17-20-9-7-11-22(28)15-20)25(35)18-34(39(37,38)24-13-5-4-6-14-24)23-12-8-10-21(16-23)27(29,30)31/h4-16,19H,3,17-18H2,1-2H3,(H,32,36)/t19-/m1/s1. The molecule has 0 fully saturated rings. The SMILES string of the molecule is CCNC(=O)[C@@H](C)N(Cc1cccc(Cl)c1)C(=O)CN(c1cccc(C(F)(F)F)c1)S(=O)(=O)c1ccccc1. The van der Waals surface area contributed by atoms with Crippen molar-refractivity contribution in [3.8, 4) is 0 Å². The second-order valence-corrected chi connectivity index (χ2v) is 10.9. The molecule has 208 valence electrons. The maximum Gasteiger partial charge on any atom is 0.416 e. The molecule has 12 heteroatoms. The fourth-order valence-electron chi connectivity index (χ4n) is 3.82. The molecular weight excluding hydrogens is 555 g/mol. The van der Waals surface area contributed by atoms with Gasteiger partial charge in [0.25, 0.3) is 10.0 Å². The van der Waals surface area contributed by atoms with E-state index in [1.165, 1.54) is 37.3 Å². The summed E-state index contributed by atoms with van der Waals surface area (Å²) < 4.78 is 68.4. The lowest BCUT2D eigenvalue weighted by molar-refractivity contribution is -0.139. The minimum absolute atomic E-state index is 0.0977. The maximum atomic E-state index is 13.7. The molecule has 0 aliphatic rings. The Bertz CT molecular complexity index is 1420. The lowest BCUT2D eigenvalue weighted by Gasteiger charge is -2.32. The fraction of sp³-hybridized carbons (Fsp3) is 0.259. The number of halogens is 4. The fourth-order valence-corrected chi connectivity index (χ4v) is 5.46. The number of likely N-dealkylation sites (N-methyl/N-ethyl adjacent to an activating group) is 1. The molecule has 0 spiro atoms. The Hall–Kier alpha value is -3.57. The topological polar surface area (TPSA) is 86.8 Å². The van der Waals surface area contributed by atoms with Gasteiger partial charge in [-0.05, 0) is 61.9 Å². The van der Waals surface area contributed by atoms with Gasteiger partial charge >= 0.3 is 6.18 Å². The zero-order valence-electron chi connectivity index (χ0n) is 21.2. The number of alkyl halides is 3. The Balaban J connectivity index is 2.08. The van der Waals surface area contributed by atoms with Crippen molar-refractivity contribution >= 4 is 39.1 Å². The van der Waals surface area contributed by atoms with Gasteiger partial charge in [-0.1, -0.05) is 48.0 Å². The van der Waals surface area contributed by atoms with Crippen LogP contribution >= 0.6 is 11.6 Å². The average molecular weight is 582 g/mol. The smallest absolute Gasteiger partial charge is 0.355 e. The summed E-state index contributed by atoms with van der Waals surface area (Å²) in [6, 6.07) is 16.3. The van der Waals surface area contributed by atoms with E-state index >= 15 is 0 Å². The maximum absolute atomic E-state index is 13.7. The van der Waals surface area contributed by atoms with Crippen LogP contribution in [0.2, 0.25) is 5.02 Å². The highest BCUT2D eigenvalue weighted by Gasteiger charge is 2.35. The van der Waals surface area contributed by atoms with Gasteiger partial charge in [-0.15, -0.1) is 0 Å². The number of rotatable bonds is 10. The van der Waals surface area contributed by atoms with Crippen molar-refractivity contribution in [3.63, 3.8) is 0 Å². The van der Waals surface area contributed by atoms with Gasteiger partial charge in [-0.25, -0.2) is 8.42 Å². The molecule has 0 aliphatic heterocycles. The van der Waals surface area contributed by atoms with E-state index in [0.717, 1.165) is 17.0 Å². The van der Waals surface area contributed by atoms with E-state index in [0.29, 0.717) is 27.5 Å². The van der Waals surface area contributed by atoms with Crippen LogP contribution in [0.1, 0.15) is 25.0 Å². The third-order valence-corrected chi connectivity index (χ3v) is 7.85. The highest BCUT2D eigenvalue weighted by molar-refractivity contribution is 7.92. The molecular formula is C27H27ClF3N3O4S. The first-order valence-corrected chi connectivity index (χ1v) is 13.7. The minimum atomic E-state index is -4.74. The number of sulfonamides is 1. The van der Waals surface area contributed by atoms with Crippen LogP contribution in [0, 0.1) is 0 Å². The second kappa shape index (κ2) is 12.5. The van der Waals surface area contributed by atoms with E-state index in [2.05, 4.69) is 5.32 Å². The normalized spacial score (nSPS) is 12.5. The summed E-state index contributed by atoms with van der Waals surface area (Å²) >= 11 is 6.08. The number of carbonyl (C=O) groups is 2. The predicted octanol–water partition coefficient (Wildman–Crippen LogP) is 5.11. The number of nitrogens with one attached hydrogen (secondary N) is 1. The molecule has 0 radical (unpaired) electrons. The Kier molecular flexibility index (Phi) is 9.63. The molecule has 0 unspecified atom stereocenters. The predicted molar refractivity (Wildman–Crippen MR) is 143 cm³/mol. The summed E-state index contributed by atoms with van der Waals surface area (Å²) in [5, 5.41) is 3.02. The molecule has 0 saturated heterocycles. The molecule has 0 heterocycles. The van der Waals surface area contributed by atoms with Crippen LogP contribution in [-0.4, -0.2) is 44.3 Å². The molecule has 7 nitrogen and oxygen atoms in total. The molecule has 0 bridgehead atoms. The largest absolute Gasteiger partial charge is 0.416 e. The van der Waals surface area contributed by atoms with Crippen LogP contribution < -0.4 is 9.62 Å². The number of benzene rings is 3. The van der Waals surface area contributed by atoms with Gasteiger partial charge in [0.05, 0.1) is 16.1 Å². The van der Waals surface area contributed by atoms with E-state index in [4.69, 9.17) is 11.6 Å². The summed E-state index contributed by atoms with van der Waals surface area (Å²) in [7, 11) is -4.48. The van der Waals surface area contributed by atoms with Crippen LogP contribution in [0.25, 0.3) is 0 Å². The lowest BCUT2D eigenvalue weighted by atomic mass is 10.1. The Morgan fingerprint density at radius 2 is 1.64 bits per heavy atom. The Morgan fingerprint density at radius 3 is 2.26 bits per heavy atom. The minimum Gasteiger partial charge on any atom is -0.355 e. The third-order valence-electron chi connectivity index (χ3n) is 5.83. The van der Waals surface area contributed by atoms with Crippen molar-refractivity contribution in [3.05, 3.63) is 95.0 Å². The number of carbonyl (C=O) groups excluding carboxylic acids is 2. The summed E-state index contributed by atoms with van der Waals surface area (Å²) in [5.41, 5.74) is -0.855. The van der Waals surface area contributed by atoms with Crippen LogP contribution in [0.15, 0.2) is 83.8 Å². The zero-order chi connectivity index (χ0) is 28.8. The monoisotopic (exact) mass is 581 g/mol. The first-order valence-electron chi connectivity index (χ1n) is 11.9. The van der Waals surface area contributed by atoms with Gasteiger partial charge in [-0.3, -0.25) is 13.9 Å². The molecule has 2 amide bonds. The number of amides is 2. The van der Waals surface area contributed by atoms with Crippen LogP contribution in [0.5, 0.6) is 0 Å². The third kappa shape index (κ3) is 7.51. The number of hydrogen-bond donors (Lipinski definition) is 1. The molecule has 3 aromatic carbocycles. The van der Waals surface area contributed by atoms with Crippen LogP contribution in [0.4, 0.5) is 18.9 Å². The van der Waals surface area contributed by atoms with E-state index in [1.807, 2.05) is 0 Å². The van der Waals surface area contributed by atoms with Crippen molar-refractivity contribution in [2.75, 3.05) is 17.4 Å². The summed E-state index contributed by atoms with van der Waals surface area (Å²) in [6.07, 6.45) is -4.74. The van der Waals surface area contributed by atoms with Crippen molar-refractivity contribution in [2.24, 2.45) is 0 Å². The van der Waals surface area contributed by atoms with Gasteiger partial charge in [-0.2, -0.15) is 13.2 Å². The van der Waals surface area contributed by atoms with Crippen molar-refractivity contribution in [1.82, 2.24) is 10.2 Å². The number of nitrogens with zero attached hydrogens (tertiary/aromatic N) is 2. The molecule has 39 heavy (non-hydrogen) atoms. The number of anilines is 1. The van der Waals surface area contributed by atoms with Crippen molar-refractivity contribution in [1.29, 1.82) is 0 Å². The average Bonchev–Trinajstić information content (AvgIpc) is 2.90. The highest BCUT2D eigenvalue weighted by Crippen LogP contribution is 2.33. The van der Waals surface area contributed by atoms with E-state index in [1.54, 1.807) is 37.3 Å². The Labute approximate surface area is 230 Å². The lowest BCUT2D eigenvalue weighted by Crippen LogP contribution is -2.51.